The van der Waals surface area contributed by atoms with Gasteiger partial charge in [-0.2, -0.15) is 0 Å². The van der Waals surface area contributed by atoms with Gasteiger partial charge in [0.15, 0.2) is 5.16 Å². The zero-order chi connectivity index (χ0) is 17.9. The highest BCUT2D eigenvalue weighted by atomic mass is 32.2. The molecule has 2 aromatic rings. The molecule has 26 heavy (non-hydrogen) atoms. The molecule has 0 saturated heterocycles. The number of aryl methyl sites for hydroxylation is 1. The molecule has 136 valence electrons. The zero-order valence-corrected chi connectivity index (χ0v) is 15.7. The van der Waals surface area contributed by atoms with Gasteiger partial charge in [-0.15, -0.1) is 16.8 Å². The Hall–Kier alpha value is -2.08. The second kappa shape index (κ2) is 7.66. The van der Waals surface area contributed by atoms with Gasteiger partial charge in [0.1, 0.15) is 5.82 Å². The van der Waals surface area contributed by atoms with Crippen LogP contribution in [0.5, 0.6) is 0 Å². The summed E-state index contributed by atoms with van der Waals surface area (Å²) < 4.78 is 2.10. The maximum absolute atomic E-state index is 12.5. The highest BCUT2D eigenvalue weighted by molar-refractivity contribution is 7.99. The van der Waals surface area contributed by atoms with Crippen LogP contribution in [0.2, 0.25) is 0 Å². The number of aromatic nitrogens is 3. The van der Waals surface area contributed by atoms with E-state index in [2.05, 4.69) is 50.9 Å². The van der Waals surface area contributed by atoms with Crippen molar-refractivity contribution in [2.45, 2.75) is 55.8 Å². The number of fused-ring (bicyclic) bond motifs is 1. The van der Waals surface area contributed by atoms with Gasteiger partial charge in [-0.05, 0) is 43.2 Å². The lowest BCUT2D eigenvalue weighted by molar-refractivity contribution is -0.119. The summed E-state index contributed by atoms with van der Waals surface area (Å²) in [4.78, 5) is 12.5. The summed E-state index contributed by atoms with van der Waals surface area (Å²) in [5, 5.41) is 12.6. The van der Waals surface area contributed by atoms with Crippen LogP contribution < -0.4 is 5.32 Å². The fraction of sp³-hybridized carbons (Fsp3) is 0.450. The Morgan fingerprint density at radius 1 is 1.31 bits per heavy atom. The van der Waals surface area contributed by atoms with E-state index in [0.717, 1.165) is 30.2 Å². The topological polar surface area (TPSA) is 59.8 Å². The van der Waals surface area contributed by atoms with Gasteiger partial charge >= 0.3 is 0 Å². The summed E-state index contributed by atoms with van der Waals surface area (Å²) in [6.45, 7) is 4.52. The number of rotatable bonds is 7. The van der Waals surface area contributed by atoms with E-state index in [1.807, 2.05) is 6.08 Å². The quantitative estimate of drug-likeness (QED) is 0.599. The number of nitrogens with one attached hydrogen (secondary N) is 1. The Morgan fingerprint density at radius 2 is 2.15 bits per heavy atom. The van der Waals surface area contributed by atoms with Crippen molar-refractivity contribution in [3.05, 3.63) is 53.9 Å². The van der Waals surface area contributed by atoms with E-state index < -0.39 is 0 Å². The fourth-order valence-electron chi connectivity index (χ4n) is 3.62. The third kappa shape index (κ3) is 3.70. The van der Waals surface area contributed by atoms with Gasteiger partial charge in [0.2, 0.25) is 5.91 Å². The van der Waals surface area contributed by atoms with Crippen LogP contribution in [0.4, 0.5) is 0 Å². The molecular weight excluding hydrogens is 344 g/mol. The van der Waals surface area contributed by atoms with Crippen molar-refractivity contribution in [2.24, 2.45) is 0 Å². The molecular formula is C20H24N4OS. The number of benzene rings is 1. The fourth-order valence-corrected chi connectivity index (χ4v) is 4.39. The van der Waals surface area contributed by atoms with Gasteiger partial charge in [-0.25, -0.2) is 0 Å². The van der Waals surface area contributed by atoms with Crippen LogP contribution in [0, 0.1) is 0 Å². The molecule has 4 rings (SSSR count). The van der Waals surface area contributed by atoms with E-state index >= 15 is 0 Å². The molecule has 2 aliphatic carbocycles. The molecule has 1 unspecified atom stereocenters. The third-order valence-electron chi connectivity index (χ3n) is 5.04. The number of thioether (sulfide) groups is 1. The number of amides is 1. The minimum Gasteiger partial charge on any atom is -0.349 e. The molecule has 1 saturated carbocycles. The number of hydrogen-bond acceptors (Lipinski definition) is 4. The van der Waals surface area contributed by atoms with Crippen molar-refractivity contribution in [1.29, 1.82) is 0 Å². The second-order valence-electron chi connectivity index (χ2n) is 7.01. The van der Waals surface area contributed by atoms with E-state index in [-0.39, 0.29) is 11.9 Å². The van der Waals surface area contributed by atoms with Crippen molar-refractivity contribution < 1.29 is 4.79 Å². The summed E-state index contributed by atoms with van der Waals surface area (Å²) in [5.74, 6) is 1.98. The summed E-state index contributed by atoms with van der Waals surface area (Å²) in [6, 6.07) is 8.55. The van der Waals surface area contributed by atoms with Gasteiger partial charge in [0.25, 0.3) is 0 Å². The van der Waals surface area contributed by atoms with E-state index in [9.17, 15) is 4.79 Å². The van der Waals surface area contributed by atoms with E-state index in [1.165, 1.54) is 35.7 Å². The highest BCUT2D eigenvalue weighted by Gasteiger charge is 2.30. The van der Waals surface area contributed by atoms with Crippen LogP contribution in [0.3, 0.4) is 0 Å². The molecule has 1 atom stereocenters. The van der Waals surface area contributed by atoms with E-state index in [0.29, 0.717) is 18.2 Å². The first-order valence-corrected chi connectivity index (χ1v) is 10.3. The normalized spacial score (nSPS) is 19.0. The molecule has 1 aromatic heterocycles. The lowest BCUT2D eigenvalue weighted by Crippen LogP contribution is -2.32. The first-order valence-electron chi connectivity index (χ1n) is 9.30. The van der Waals surface area contributed by atoms with Crippen molar-refractivity contribution in [1.82, 2.24) is 20.1 Å². The van der Waals surface area contributed by atoms with Gasteiger partial charge in [0, 0.05) is 12.5 Å². The van der Waals surface area contributed by atoms with Gasteiger partial charge in [-0.1, -0.05) is 42.1 Å². The molecule has 1 heterocycles. The van der Waals surface area contributed by atoms with Crippen LogP contribution >= 0.6 is 11.8 Å². The molecule has 1 aromatic carbocycles. The molecule has 0 aliphatic heterocycles. The minimum absolute atomic E-state index is 0.0535. The first kappa shape index (κ1) is 17.3. The van der Waals surface area contributed by atoms with E-state index in [1.54, 1.807) is 0 Å². The Kier molecular flexibility index (Phi) is 5.11. The first-order chi connectivity index (χ1) is 12.8. The molecule has 6 heteroatoms. The Morgan fingerprint density at radius 3 is 2.96 bits per heavy atom. The zero-order valence-electron chi connectivity index (χ0n) is 14.9. The average Bonchev–Trinajstić information content (AvgIpc) is 3.42. The average molecular weight is 369 g/mol. The summed E-state index contributed by atoms with van der Waals surface area (Å²) in [6.07, 6.45) is 7.45. The second-order valence-corrected chi connectivity index (χ2v) is 7.96. The number of allylic oxidation sites excluding steroid dienone is 1. The van der Waals surface area contributed by atoms with Crippen molar-refractivity contribution >= 4 is 17.7 Å². The van der Waals surface area contributed by atoms with Crippen LogP contribution in [0.15, 0.2) is 42.1 Å². The predicted octanol–water partition coefficient (Wildman–Crippen LogP) is 3.63. The van der Waals surface area contributed by atoms with Crippen molar-refractivity contribution in [3.63, 3.8) is 0 Å². The molecule has 5 nitrogen and oxygen atoms in total. The predicted molar refractivity (Wildman–Crippen MR) is 103 cm³/mol. The lowest BCUT2D eigenvalue weighted by atomic mass is 9.88. The van der Waals surface area contributed by atoms with Gasteiger partial charge in [0.05, 0.1) is 11.8 Å². The van der Waals surface area contributed by atoms with Crippen LogP contribution in [-0.4, -0.2) is 26.4 Å². The monoisotopic (exact) mass is 368 g/mol. The van der Waals surface area contributed by atoms with Crippen LogP contribution in [-0.2, 0) is 17.8 Å². The Bertz CT molecular complexity index is 812. The Labute approximate surface area is 158 Å². The standard InChI is InChI=1S/C20H24N4OS/c1-2-12-24-19(15-10-11-15)22-23-20(24)26-13-18(25)21-17-9-5-7-14-6-3-4-8-16(14)17/h2-4,6,8,15,17H,1,5,7,9-13H2,(H,21,25). The molecule has 0 spiro atoms. The number of nitrogens with zero attached hydrogens (tertiary/aromatic N) is 3. The number of carbonyl (C=O) groups is 1. The smallest absolute Gasteiger partial charge is 0.230 e. The molecule has 2 aliphatic rings. The number of hydrogen-bond donors (Lipinski definition) is 1. The number of carbonyl (C=O) groups excluding carboxylic acids is 1. The summed E-state index contributed by atoms with van der Waals surface area (Å²) in [7, 11) is 0. The molecule has 1 amide bonds. The molecule has 0 bridgehead atoms. The maximum Gasteiger partial charge on any atom is 0.230 e. The maximum atomic E-state index is 12.5. The minimum atomic E-state index is 0.0535. The van der Waals surface area contributed by atoms with E-state index in [4.69, 9.17) is 0 Å². The Balaban J connectivity index is 1.38. The lowest BCUT2D eigenvalue weighted by Gasteiger charge is -2.26. The van der Waals surface area contributed by atoms with Crippen LogP contribution in [0.25, 0.3) is 0 Å². The summed E-state index contributed by atoms with van der Waals surface area (Å²) >= 11 is 1.46. The molecule has 1 N–H and O–H groups in total. The highest BCUT2D eigenvalue weighted by Crippen LogP contribution is 2.40. The SMILES string of the molecule is C=CCn1c(SCC(=O)NC2CCCc3ccccc32)nnc1C1CC1. The largest absolute Gasteiger partial charge is 0.349 e. The third-order valence-corrected chi connectivity index (χ3v) is 6.00. The van der Waals surface area contributed by atoms with Crippen LogP contribution in [0.1, 0.15) is 54.6 Å². The van der Waals surface area contributed by atoms with Crippen molar-refractivity contribution in [3.8, 4) is 0 Å². The van der Waals surface area contributed by atoms with Gasteiger partial charge < -0.3 is 9.88 Å². The summed E-state index contributed by atoms with van der Waals surface area (Å²) in [5.41, 5.74) is 2.62. The molecule has 1 fully saturated rings. The molecule has 0 radical (unpaired) electrons. The van der Waals surface area contributed by atoms with Gasteiger partial charge in [-0.3, -0.25) is 4.79 Å². The van der Waals surface area contributed by atoms with Crippen molar-refractivity contribution in [2.75, 3.05) is 5.75 Å².